The first-order chi connectivity index (χ1) is 9.15. The second kappa shape index (κ2) is 5.47. The largest absolute Gasteiger partial charge is 0.488 e. The van der Waals surface area contributed by atoms with Crippen LogP contribution in [0.2, 0.25) is 10.0 Å². The van der Waals surface area contributed by atoms with E-state index in [1.807, 2.05) is 0 Å². The van der Waals surface area contributed by atoms with Gasteiger partial charge in [0.15, 0.2) is 0 Å². The van der Waals surface area contributed by atoms with E-state index in [-0.39, 0.29) is 11.1 Å². The van der Waals surface area contributed by atoms with Gasteiger partial charge in [-0.25, -0.2) is 4.39 Å². The Balaban J connectivity index is 1.81. The van der Waals surface area contributed by atoms with Crippen molar-refractivity contribution in [3.8, 4) is 5.75 Å². The standard InChI is InChI=1S/C14H16Cl2FNO/c15-10-5-11(17)13(16)12(6-10)19-14(8-1-2-8)9-3-4-18-7-9/h5-6,8-9,14,18H,1-4,7H2/t9-,14?/m0/s1. The third-order valence-electron chi connectivity index (χ3n) is 3.87. The summed E-state index contributed by atoms with van der Waals surface area (Å²) in [6.45, 7) is 1.98. The molecule has 104 valence electrons. The molecule has 1 saturated heterocycles. The van der Waals surface area contributed by atoms with Crippen LogP contribution in [-0.4, -0.2) is 19.2 Å². The lowest BCUT2D eigenvalue weighted by atomic mass is 9.97. The fourth-order valence-electron chi connectivity index (χ4n) is 2.72. The summed E-state index contributed by atoms with van der Waals surface area (Å²) in [5, 5.41) is 3.69. The Morgan fingerprint density at radius 3 is 2.63 bits per heavy atom. The summed E-state index contributed by atoms with van der Waals surface area (Å²) in [6, 6.07) is 2.81. The molecule has 1 aliphatic carbocycles. The maximum atomic E-state index is 13.6. The van der Waals surface area contributed by atoms with Gasteiger partial charge in [0.2, 0.25) is 0 Å². The van der Waals surface area contributed by atoms with E-state index in [9.17, 15) is 4.39 Å². The molecule has 1 aliphatic heterocycles. The van der Waals surface area contributed by atoms with Crippen molar-refractivity contribution >= 4 is 23.2 Å². The Morgan fingerprint density at radius 1 is 1.21 bits per heavy atom. The number of halogens is 3. The van der Waals surface area contributed by atoms with E-state index < -0.39 is 5.82 Å². The van der Waals surface area contributed by atoms with Gasteiger partial charge in [-0.15, -0.1) is 0 Å². The van der Waals surface area contributed by atoms with Crippen LogP contribution in [0.1, 0.15) is 19.3 Å². The molecular weight excluding hydrogens is 288 g/mol. The highest BCUT2D eigenvalue weighted by atomic mass is 35.5. The third kappa shape index (κ3) is 2.99. The lowest BCUT2D eigenvalue weighted by Crippen LogP contribution is -2.31. The van der Waals surface area contributed by atoms with Gasteiger partial charge in [0.05, 0.1) is 0 Å². The van der Waals surface area contributed by atoms with E-state index in [1.165, 1.54) is 18.9 Å². The number of ether oxygens (including phenoxy) is 1. The van der Waals surface area contributed by atoms with Crippen LogP contribution >= 0.6 is 23.2 Å². The minimum Gasteiger partial charge on any atom is -0.488 e. The summed E-state index contributed by atoms with van der Waals surface area (Å²) in [5.74, 6) is 0.896. The fraction of sp³-hybridized carbons (Fsp3) is 0.571. The third-order valence-corrected chi connectivity index (χ3v) is 4.46. The Morgan fingerprint density at radius 2 is 2.00 bits per heavy atom. The van der Waals surface area contributed by atoms with E-state index in [0.29, 0.717) is 22.6 Å². The van der Waals surface area contributed by atoms with Crippen LogP contribution in [0.15, 0.2) is 12.1 Å². The smallest absolute Gasteiger partial charge is 0.147 e. The summed E-state index contributed by atoms with van der Waals surface area (Å²) >= 11 is 11.8. The van der Waals surface area contributed by atoms with Gasteiger partial charge in [-0.1, -0.05) is 23.2 Å². The fourth-order valence-corrected chi connectivity index (χ4v) is 3.07. The van der Waals surface area contributed by atoms with Crippen LogP contribution in [0.25, 0.3) is 0 Å². The summed E-state index contributed by atoms with van der Waals surface area (Å²) < 4.78 is 19.6. The van der Waals surface area contributed by atoms with Gasteiger partial charge in [0, 0.05) is 23.6 Å². The molecule has 1 heterocycles. The second-order valence-corrected chi connectivity index (χ2v) is 6.19. The van der Waals surface area contributed by atoms with Gasteiger partial charge in [-0.3, -0.25) is 0 Å². The second-order valence-electron chi connectivity index (χ2n) is 5.37. The summed E-state index contributed by atoms with van der Waals surface area (Å²) in [5.41, 5.74) is 0. The summed E-state index contributed by atoms with van der Waals surface area (Å²) in [4.78, 5) is 0. The Kier molecular flexibility index (Phi) is 3.88. The van der Waals surface area contributed by atoms with Gasteiger partial charge in [0.25, 0.3) is 0 Å². The Bertz CT molecular complexity index is 473. The minimum atomic E-state index is -0.525. The predicted octanol–water partition coefficient (Wildman–Crippen LogP) is 3.90. The first kappa shape index (κ1) is 13.5. The molecule has 5 heteroatoms. The van der Waals surface area contributed by atoms with Gasteiger partial charge >= 0.3 is 0 Å². The molecule has 19 heavy (non-hydrogen) atoms. The van der Waals surface area contributed by atoms with E-state index >= 15 is 0 Å². The quantitative estimate of drug-likeness (QED) is 0.852. The molecule has 2 atom stereocenters. The topological polar surface area (TPSA) is 21.3 Å². The molecule has 1 unspecified atom stereocenters. The highest BCUT2D eigenvalue weighted by Crippen LogP contribution is 2.41. The maximum Gasteiger partial charge on any atom is 0.147 e. The molecule has 0 radical (unpaired) electrons. The van der Waals surface area contributed by atoms with Gasteiger partial charge in [0.1, 0.15) is 22.7 Å². The van der Waals surface area contributed by atoms with Crippen molar-refractivity contribution in [2.45, 2.75) is 25.4 Å². The van der Waals surface area contributed by atoms with Crippen LogP contribution in [0.5, 0.6) is 5.75 Å². The lowest BCUT2D eigenvalue weighted by Gasteiger charge is -2.25. The summed E-state index contributed by atoms with van der Waals surface area (Å²) in [7, 11) is 0. The number of hydrogen-bond donors (Lipinski definition) is 1. The Hall–Kier alpha value is -0.510. The maximum absolute atomic E-state index is 13.6. The van der Waals surface area contributed by atoms with Gasteiger partial charge < -0.3 is 10.1 Å². The van der Waals surface area contributed by atoms with Crippen LogP contribution in [0.4, 0.5) is 4.39 Å². The first-order valence-corrected chi connectivity index (χ1v) is 7.42. The van der Waals surface area contributed by atoms with Gasteiger partial charge in [-0.2, -0.15) is 0 Å². The monoisotopic (exact) mass is 303 g/mol. The molecule has 1 aromatic rings. The highest BCUT2D eigenvalue weighted by Gasteiger charge is 2.39. The molecule has 2 nitrogen and oxygen atoms in total. The zero-order chi connectivity index (χ0) is 13.4. The molecule has 0 spiro atoms. The molecule has 0 amide bonds. The van der Waals surface area contributed by atoms with Crippen molar-refractivity contribution in [2.75, 3.05) is 13.1 Å². The molecule has 0 bridgehead atoms. The van der Waals surface area contributed by atoms with E-state index in [4.69, 9.17) is 27.9 Å². The molecule has 2 fully saturated rings. The van der Waals surface area contributed by atoms with Crippen molar-refractivity contribution in [1.29, 1.82) is 0 Å². The molecule has 1 N–H and O–H groups in total. The predicted molar refractivity (Wildman–Crippen MR) is 74.5 cm³/mol. The van der Waals surface area contributed by atoms with E-state index in [0.717, 1.165) is 19.5 Å². The normalized spacial score (nSPS) is 24.5. The van der Waals surface area contributed by atoms with Crippen molar-refractivity contribution in [3.05, 3.63) is 28.0 Å². The molecular formula is C14H16Cl2FNO. The van der Waals surface area contributed by atoms with Gasteiger partial charge in [-0.05, 0) is 37.8 Å². The van der Waals surface area contributed by atoms with Crippen molar-refractivity contribution in [2.24, 2.45) is 11.8 Å². The van der Waals surface area contributed by atoms with Crippen LogP contribution < -0.4 is 10.1 Å². The van der Waals surface area contributed by atoms with Crippen molar-refractivity contribution in [1.82, 2.24) is 5.32 Å². The zero-order valence-electron chi connectivity index (χ0n) is 10.5. The average molecular weight is 304 g/mol. The van der Waals surface area contributed by atoms with E-state index in [2.05, 4.69) is 5.32 Å². The lowest BCUT2D eigenvalue weighted by molar-refractivity contribution is 0.120. The Labute approximate surface area is 122 Å². The first-order valence-electron chi connectivity index (χ1n) is 6.67. The zero-order valence-corrected chi connectivity index (χ0v) is 12.0. The molecule has 1 saturated carbocycles. The highest BCUT2D eigenvalue weighted by molar-refractivity contribution is 6.34. The number of rotatable bonds is 4. The number of benzene rings is 1. The molecule has 2 aliphatic rings. The minimum absolute atomic E-state index is 0.0287. The number of nitrogens with one attached hydrogen (secondary N) is 1. The average Bonchev–Trinajstić information content (AvgIpc) is 3.06. The molecule has 3 rings (SSSR count). The van der Waals surface area contributed by atoms with E-state index in [1.54, 1.807) is 6.07 Å². The molecule has 0 aromatic heterocycles. The van der Waals surface area contributed by atoms with Crippen LogP contribution in [-0.2, 0) is 0 Å². The summed E-state index contributed by atoms with van der Waals surface area (Å²) in [6.07, 6.45) is 3.58. The van der Waals surface area contributed by atoms with Crippen LogP contribution in [0, 0.1) is 17.7 Å². The van der Waals surface area contributed by atoms with Crippen molar-refractivity contribution in [3.63, 3.8) is 0 Å². The van der Waals surface area contributed by atoms with Crippen LogP contribution in [0.3, 0.4) is 0 Å². The SMILES string of the molecule is Fc1cc(Cl)cc(OC(C2CC2)[C@H]2CCNC2)c1Cl. The molecule has 1 aromatic carbocycles. The van der Waals surface area contributed by atoms with Crippen molar-refractivity contribution < 1.29 is 9.13 Å². The number of hydrogen-bond acceptors (Lipinski definition) is 2.